The van der Waals surface area contributed by atoms with Crippen molar-refractivity contribution >= 4 is 5.91 Å². The smallest absolute Gasteiger partial charge is 0.228 e. The average Bonchev–Trinajstić information content (AvgIpc) is 2.01. The first-order valence-corrected chi connectivity index (χ1v) is 4.51. The van der Waals surface area contributed by atoms with Crippen LogP contribution in [0, 0.1) is 5.92 Å². The molecule has 13 heavy (non-hydrogen) atoms. The fourth-order valence-electron chi connectivity index (χ4n) is 1.29. The second kappa shape index (κ2) is 4.99. The number of rotatable bonds is 5. The molecule has 1 heterocycles. The second-order valence-electron chi connectivity index (χ2n) is 3.15. The highest BCUT2D eigenvalue weighted by atomic mass is 16.3. The number of aliphatic hydroxyl groups is 1. The van der Waals surface area contributed by atoms with E-state index in [4.69, 9.17) is 5.11 Å². The van der Waals surface area contributed by atoms with Crippen LogP contribution >= 0.6 is 0 Å². The summed E-state index contributed by atoms with van der Waals surface area (Å²) in [5.41, 5.74) is 0. The van der Waals surface area contributed by atoms with E-state index in [0.29, 0.717) is 13.1 Å². The Hall–Kier alpha value is -0.870. The van der Waals surface area contributed by atoms with E-state index in [-0.39, 0.29) is 18.4 Å². The number of hydrogen-bond acceptors (Lipinski definition) is 3. The highest BCUT2D eigenvalue weighted by Crippen LogP contribution is 2.07. The van der Waals surface area contributed by atoms with Gasteiger partial charge in [0.2, 0.25) is 5.91 Å². The highest BCUT2D eigenvalue weighted by molar-refractivity contribution is 5.80. The number of carbonyl (C=O) groups excluding carboxylic acids is 1. The Morgan fingerprint density at radius 1 is 1.69 bits per heavy atom. The zero-order valence-corrected chi connectivity index (χ0v) is 7.70. The third-order valence-corrected chi connectivity index (χ3v) is 2.16. The van der Waals surface area contributed by atoms with Gasteiger partial charge in [-0.3, -0.25) is 4.79 Å². The molecule has 1 aliphatic heterocycles. The topological polar surface area (TPSA) is 52.6 Å². The molecular formula is C9H16N2O2. The van der Waals surface area contributed by atoms with Crippen LogP contribution in [-0.4, -0.2) is 48.7 Å². The van der Waals surface area contributed by atoms with Gasteiger partial charge >= 0.3 is 0 Å². The molecule has 4 nitrogen and oxygen atoms in total. The van der Waals surface area contributed by atoms with Crippen LogP contribution in [-0.2, 0) is 4.79 Å². The third-order valence-electron chi connectivity index (χ3n) is 2.16. The minimum Gasteiger partial charge on any atom is -0.395 e. The molecule has 1 aliphatic rings. The largest absolute Gasteiger partial charge is 0.395 e. The van der Waals surface area contributed by atoms with Crippen LogP contribution < -0.4 is 5.32 Å². The minimum atomic E-state index is 0.0136. The first-order chi connectivity index (χ1) is 6.29. The Morgan fingerprint density at radius 3 is 2.77 bits per heavy atom. The van der Waals surface area contributed by atoms with Crippen molar-refractivity contribution in [1.82, 2.24) is 10.2 Å². The molecule has 1 rings (SSSR count). The van der Waals surface area contributed by atoms with Crippen LogP contribution in [0.4, 0.5) is 0 Å². The molecule has 1 amide bonds. The summed E-state index contributed by atoms with van der Waals surface area (Å²) in [4.78, 5) is 13.3. The molecule has 2 N–H and O–H groups in total. The van der Waals surface area contributed by atoms with Gasteiger partial charge in [0, 0.05) is 26.2 Å². The first kappa shape index (κ1) is 10.2. The number of nitrogens with zero attached hydrogens (tertiary/aromatic N) is 1. The van der Waals surface area contributed by atoms with Crippen LogP contribution in [0.5, 0.6) is 0 Å². The summed E-state index contributed by atoms with van der Waals surface area (Å²) < 4.78 is 0. The van der Waals surface area contributed by atoms with Crippen molar-refractivity contribution in [2.24, 2.45) is 5.92 Å². The molecule has 0 aromatic carbocycles. The molecule has 0 aliphatic carbocycles. The van der Waals surface area contributed by atoms with Gasteiger partial charge in [0.15, 0.2) is 0 Å². The van der Waals surface area contributed by atoms with Gasteiger partial charge in [-0.25, -0.2) is 0 Å². The molecule has 0 atom stereocenters. The highest BCUT2D eigenvalue weighted by Gasteiger charge is 2.28. The van der Waals surface area contributed by atoms with Crippen molar-refractivity contribution in [3.63, 3.8) is 0 Å². The second-order valence-corrected chi connectivity index (χ2v) is 3.15. The number of hydrogen-bond donors (Lipinski definition) is 2. The van der Waals surface area contributed by atoms with E-state index in [0.717, 1.165) is 13.1 Å². The lowest BCUT2D eigenvalue weighted by Gasteiger charge is -2.31. The van der Waals surface area contributed by atoms with Gasteiger partial charge in [-0.2, -0.15) is 0 Å². The normalized spacial score (nSPS) is 16.4. The van der Waals surface area contributed by atoms with E-state index in [1.54, 1.807) is 11.0 Å². The summed E-state index contributed by atoms with van der Waals surface area (Å²) in [6.07, 6.45) is 1.68. The number of amides is 1. The molecule has 0 radical (unpaired) electrons. The molecular weight excluding hydrogens is 168 g/mol. The predicted molar refractivity (Wildman–Crippen MR) is 50.2 cm³/mol. The predicted octanol–water partition coefficient (Wildman–Crippen LogP) is -0.787. The molecule has 0 unspecified atom stereocenters. The number of aliphatic hydroxyl groups excluding tert-OH is 1. The molecule has 1 fully saturated rings. The summed E-state index contributed by atoms with van der Waals surface area (Å²) in [5, 5.41) is 11.8. The zero-order chi connectivity index (χ0) is 9.68. The Balaban J connectivity index is 2.41. The molecule has 0 aromatic heterocycles. The maximum absolute atomic E-state index is 11.6. The van der Waals surface area contributed by atoms with E-state index in [1.807, 2.05) is 0 Å². The molecule has 0 bridgehead atoms. The monoisotopic (exact) mass is 184 g/mol. The van der Waals surface area contributed by atoms with E-state index >= 15 is 0 Å². The van der Waals surface area contributed by atoms with Crippen molar-refractivity contribution in [3.05, 3.63) is 12.7 Å². The summed E-state index contributed by atoms with van der Waals surface area (Å²) in [5.74, 6) is 0.221. The molecule has 0 aromatic rings. The molecule has 0 spiro atoms. The Bertz CT molecular complexity index is 190. The maximum Gasteiger partial charge on any atom is 0.228 e. The van der Waals surface area contributed by atoms with E-state index < -0.39 is 0 Å². The maximum atomic E-state index is 11.6. The quantitative estimate of drug-likeness (QED) is 0.551. The van der Waals surface area contributed by atoms with Gasteiger partial charge in [0.1, 0.15) is 0 Å². The SMILES string of the molecule is C=CCN(CCO)C(=O)C1CNC1. The standard InChI is InChI=1S/C9H16N2O2/c1-2-3-11(4-5-12)9(13)8-6-10-7-8/h2,8,10,12H,1,3-7H2. The Kier molecular flexibility index (Phi) is 3.92. The van der Waals surface area contributed by atoms with Crippen molar-refractivity contribution in [3.8, 4) is 0 Å². The van der Waals surface area contributed by atoms with Crippen LogP contribution in [0.25, 0.3) is 0 Å². The van der Waals surface area contributed by atoms with Gasteiger partial charge in [0.25, 0.3) is 0 Å². The first-order valence-electron chi connectivity index (χ1n) is 4.51. The van der Waals surface area contributed by atoms with Crippen molar-refractivity contribution in [1.29, 1.82) is 0 Å². The molecule has 74 valence electrons. The van der Waals surface area contributed by atoms with Gasteiger partial charge < -0.3 is 15.3 Å². The third kappa shape index (κ3) is 2.54. The fourth-order valence-corrected chi connectivity index (χ4v) is 1.29. The van der Waals surface area contributed by atoms with E-state index in [1.165, 1.54) is 0 Å². The van der Waals surface area contributed by atoms with Crippen molar-refractivity contribution in [2.75, 3.05) is 32.8 Å². The van der Waals surface area contributed by atoms with Crippen molar-refractivity contribution in [2.45, 2.75) is 0 Å². The van der Waals surface area contributed by atoms with Gasteiger partial charge in [0.05, 0.1) is 12.5 Å². The number of carbonyl (C=O) groups is 1. The molecule has 4 heteroatoms. The summed E-state index contributed by atoms with van der Waals surface area (Å²) in [6, 6.07) is 0. The van der Waals surface area contributed by atoms with Crippen molar-refractivity contribution < 1.29 is 9.90 Å². The molecule has 0 saturated carbocycles. The lowest BCUT2D eigenvalue weighted by molar-refractivity contribution is -0.137. The van der Waals surface area contributed by atoms with Crippen LogP contribution in [0.15, 0.2) is 12.7 Å². The lowest BCUT2D eigenvalue weighted by atomic mass is 10.0. The Morgan fingerprint density at radius 2 is 2.38 bits per heavy atom. The average molecular weight is 184 g/mol. The van der Waals surface area contributed by atoms with E-state index in [9.17, 15) is 4.79 Å². The molecule has 1 saturated heterocycles. The van der Waals surface area contributed by atoms with Gasteiger partial charge in [-0.1, -0.05) is 6.08 Å². The number of nitrogens with one attached hydrogen (secondary N) is 1. The zero-order valence-electron chi connectivity index (χ0n) is 7.70. The van der Waals surface area contributed by atoms with Gasteiger partial charge in [-0.05, 0) is 0 Å². The van der Waals surface area contributed by atoms with E-state index in [2.05, 4.69) is 11.9 Å². The van der Waals surface area contributed by atoms with Crippen LogP contribution in [0.3, 0.4) is 0 Å². The fraction of sp³-hybridized carbons (Fsp3) is 0.667. The summed E-state index contributed by atoms with van der Waals surface area (Å²) >= 11 is 0. The van der Waals surface area contributed by atoms with Crippen LogP contribution in [0.1, 0.15) is 0 Å². The minimum absolute atomic E-state index is 0.0136. The van der Waals surface area contributed by atoms with Gasteiger partial charge in [-0.15, -0.1) is 6.58 Å². The summed E-state index contributed by atoms with van der Waals surface area (Å²) in [6.45, 7) is 6.04. The van der Waals surface area contributed by atoms with Crippen LogP contribution in [0.2, 0.25) is 0 Å². The lowest BCUT2D eigenvalue weighted by Crippen LogP contribution is -2.52. The Labute approximate surface area is 78.2 Å². The summed E-state index contributed by atoms with van der Waals surface area (Å²) in [7, 11) is 0.